The average Bonchev–Trinajstić information content (AvgIpc) is 3.36. The van der Waals surface area contributed by atoms with Crippen LogP contribution in [0.3, 0.4) is 0 Å². The Morgan fingerprint density at radius 2 is 1.29 bits per heavy atom. The maximum absolute atomic E-state index is 14.5. The Kier molecular flexibility index (Phi) is 8.85. The molecule has 0 aromatic carbocycles. The van der Waals surface area contributed by atoms with Crippen molar-refractivity contribution in [2.24, 2.45) is 57.7 Å². The van der Waals surface area contributed by atoms with Crippen LogP contribution in [0.25, 0.3) is 0 Å². The zero-order chi connectivity index (χ0) is 38.1. The van der Waals surface area contributed by atoms with Crippen molar-refractivity contribution in [2.45, 2.75) is 116 Å². The predicted molar refractivity (Wildman–Crippen MR) is 173 cm³/mol. The SMILES string of the molecule is CC(=O)O[C@@H]1[C@H]2[C@H]3[C@H]([C@H](OC(C)=O)[C@H](OC(C)=O)[C@]2(C)[C@@H]2[C@@H]1[C@]1(C)C(=C[C@H]2C)OC(=O)[C@@]1(C)O)[C@]1(C)[C@H](C[C@@H](Cl)[C@H](O)[C@@H]1OC(C)=O)C(=O)[C@@H]3O. The van der Waals surface area contributed by atoms with Gasteiger partial charge in [0.05, 0.1) is 10.8 Å². The molecule has 1 aliphatic heterocycles. The number of hydrogen-bond donors (Lipinski definition) is 3. The first-order chi connectivity index (χ1) is 23.5. The number of rotatable bonds is 4. The van der Waals surface area contributed by atoms with Crippen LogP contribution in [0.2, 0.25) is 0 Å². The fourth-order valence-corrected chi connectivity index (χ4v) is 12.3. The van der Waals surface area contributed by atoms with Crippen LogP contribution in [0.1, 0.15) is 68.7 Å². The van der Waals surface area contributed by atoms with E-state index >= 15 is 0 Å². The molecule has 5 fully saturated rings. The van der Waals surface area contributed by atoms with Crippen LogP contribution in [-0.4, -0.2) is 98.6 Å². The number of halogens is 1. The lowest BCUT2D eigenvalue weighted by Crippen LogP contribution is -2.76. The molecular formula is C36H47ClO14. The molecule has 15 heteroatoms. The first-order valence-corrected chi connectivity index (χ1v) is 17.8. The Morgan fingerprint density at radius 1 is 0.784 bits per heavy atom. The Bertz CT molecular complexity index is 1610. The Hall–Kier alpha value is -3.07. The van der Waals surface area contributed by atoms with E-state index in [1.807, 2.05) is 6.92 Å². The second-order valence-electron chi connectivity index (χ2n) is 16.3. The molecule has 0 aromatic rings. The number of carbonyl (C=O) groups is 6. The van der Waals surface area contributed by atoms with Crippen LogP contribution in [0.4, 0.5) is 0 Å². The van der Waals surface area contributed by atoms with Crippen LogP contribution in [0.5, 0.6) is 0 Å². The highest BCUT2D eigenvalue weighted by Gasteiger charge is 2.83. The fraction of sp³-hybridized carbons (Fsp3) is 0.778. The van der Waals surface area contributed by atoms with Crippen molar-refractivity contribution in [3.8, 4) is 0 Å². The highest BCUT2D eigenvalue weighted by Crippen LogP contribution is 2.75. The van der Waals surface area contributed by atoms with Gasteiger partial charge in [-0.1, -0.05) is 20.8 Å². The highest BCUT2D eigenvalue weighted by molar-refractivity contribution is 6.21. The fourth-order valence-electron chi connectivity index (χ4n) is 12.0. The number of hydrogen-bond acceptors (Lipinski definition) is 14. The van der Waals surface area contributed by atoms with Crippen LogP contribution < -0.4 is 0 Å². The Labute approximate surface area is 300 Å². The van der Waals surface area contributed by atoms with Crippen molar-refractivity contribution < 1.29 is 67.8 Å². The number of fused-ring (bicyclic) bond motifs is 9. The van der Waals surface area contributed by atoms with Gasteiger partial charge in [0.15, 0.2) is 11.4 Å². The number of carbonyl (C=O) groups excluding carboxylic acids is 6. The second-order valence-corrected chi connectivity index (χ2v) is 16.9. The number of Topliss-reactive ketones (excluding diaryl/α,β-unsaturated/α-hetero) is 1. The summed E-state index contributed by atoms with van der Waals surface area (Å²) in [5.41, 5.74) is -6.66. The number of allylic oxidation sites excluding steroid dienone is 1. The minimum Gasteiger partial charge on any atom is -0.462 e. The lowest BCUT2D eigenvalue weighted by atomic mass is 9.41. The number of ether oxygens (including phenoxy) is 5. The third-order valence-corrected chi connectivity index (χ3v) is 14.2. The van der Waals surface area contributed by atoms with Crippen molar-refractivity contribution in [1.29, 1.82) is 0 Å². The zero-order valence-electron chi connectivity index (χ0n) is 30.1. The molecule has 6 aliphatic rings. The van der Waals surface area contributed by atoms with E-state index in [1.165, 1.54) is 20.8 Å². The molecule has 0 aromatic heterocycles. The van der Waals surface area contributed by atoms with Gasteiger partial charge in [0.2, 0.25) is 0 Å². The van der Waals surface area contributed by atoms with E-state index in [2.05, 4.69) is 0 Å². The minimum atomic E-state index is -2.14. The first-order valence-electron chi connectivity index (χ1n) is 17.4. The average molecular weight is 739 g/mol. The van der Waals surface area contributed by atoms with Gasteiger partial charge in [-0.3, -0.25) is 24.0 Å². The van der Waals surface area contributed by atoms with Gasteiger partial charge in [0, 0.05) is 68.1 Å². The Morgan fingerprint density at radius 3 is 1.84 bits per heavy atom. The summed E-state index contributed by atoms with van der Waals surface area (Å²) in [4.78, 5) is 79.7. The second kappa shape index (κ2) is 12.0. The molecule has 0 unspecified atom stereocenters. The molecule has 14 nitrogen and oxygen atoms in total. The van der Waals surface area contributed by atoms with E-state index < -0.39 is 141 Å². The summed E-state index contributed by atoms with van der Waals surface area (Å²) in [6.45, 7) is 12.8. The molecule has 0 spiro atoms. The maximum atomic E-state index is 14.5. The maximum Gasteiger partial charge on any atom is 0.343 e. The van der Waals surface area contributed by atoms with Crippen LogP contribution >= 0.6 is 11.6 Å². The van der Waals surface area contributed by atoms with E-state index in [-0.39, 0.29) is 12.2 Å². The number of ketones is 1. The summed E-state index contributed by atoms with van der Waals surface area (Å²) in [5.74, 6) is -11.3. The normalized spacial score (nSPS) is 51.0. The van der Waals surface area contributed by atoms with E-state index in [4.69, 9.17) is 35.3 Å². The number of aliphatic hydroxyl groups is 3. The van der Waals surface area contributed by atoms with Crippen molar-refractivity contribution in [3.05, 3.63) is 11.8 Å². The quantitative estimate of drug-likeness (QED) is 0.213. The number of alkyl halides is 1. The van der Waals surface area contributed by atoms with Gasteiger partial charge >= 0.3 is 29.8 Å². The highest BCUT2D eigenvalue weighted by atomic mass is 35.5. The lowest BCUT2D eigenvalue weighted by molar-refractivity contribution is -0.281. The Balaban J connectivity index is 1.70. The van der Waals surface area contributed by atoms with Gasteiger partial charge in [-0.25, -0.2) is 4.79 Å². The van der Waals surface area contributed by atoms with Gasteiger partial charge in [-0.15, -0.1) is 11.6 Å². The molecule has 18 atom stereocenters. The van der Waals surface area contributed by atoms with E-state index in [0.29, 0.717) is 0 Å². The number of aliphatic hydroxyl groups excluding tert-OH is 2. The molecule has 1 heterocycles. The van der Waals surface area contributed by atoms with Crippen molar-refractivity contribution in [3.63, 3.8) is 0 Å². The first kappa shape index (κ1) is 37.7. The molecule has 3 N–H and O–H groups in total. The summed E-state index contributed by atoms with van der Waals surface area (Å²) >= 11 is 6.57. The molecule has 0 amide bonds. The molecule has 6 rings (SSSR count). The summed E-state index contributed by atoms with van der Waals surface area (Å²) in [5, 5.41) is 34.6. The molecule has 0 bridgehead atoms. The molecular weight excluding hydrogens is 692 g/mol. The molecule has 0 radical (unpaired) electrons. The van der Waals surface area contributed by atoms with Gasteiger partial charge in [-0.05, 0) is 38.2 Å². The third-order valence-electron chi connectivity index (χ3n) is 13.8. The van der Waals surface area contributed by atoms with Crippen LogP contribution in [0.15, 0.2) is 11.8 Å². The van der Waals surface area contributed by atoms with E-state index in [1.54, 1.807) is 26.8 Å². The van der Waals surface area contributed by atoms with Gasteiger partial charge in [0.1, 0.15) is 42.4 Å². The summed E-state index contributed by atoms with van der Waals surface area (Å²) in [6, 6.07) is 0. The van der Waals surface area contributed by atoms with Crippen molar-refractivity contribution in [2.75, 3.05) is 0 Å². The van der Waals surface area contributed by atoms with Gasteiger partial charge in [-0.2, -0.15) is 0 Å². The summed E-state index contributed by atoms with van der Waals surface area (Å²) in [7, 11) is 0. The molecule has 5 aliphatic carbocycles. The smallest absolute Gasteiger partial charge is 0.343 e. The molecule has 4 saturated carbocycles. The van der Waals surface area contributed by atoms with E-state index in [0.717, 1.165) is 13.8 Å². The molecule has 1 saturated heterocycles. The molecule has 51 heavy (non-hydrogen) atoms. The predicted octanol–water partition coefficient (Wildman–Crippen LogP) is 1.61. The lowest BCUT2D eigenvalue weighted by Gasteiger charge is -2.66. The topological polar surface area (TPSA) is 209 Å². The minimum absolute atomic E-state index is 0.133. The van der Waals surface area contributed by atoms with Crippen LogP contribution in [-0.2, 0) is 52.5 Å². The van der Waals surface area contributed by atoms with E-state index in [9.17, 15) is 44.1 Å². The van der Waals surface area contributed by atoms with Gasteiger partial charge < -0.3 is 39.0 Å². The largest absolute Gasteiger partial charge is 0.462 e. The van der Waals surface area contributed by atoms with Crippen molar-refractivity contribution in [1.82, 2.24) is 0 Å². The molecule has 282 valence electrons. The van der Waals surface area contributed by atoms with Crippen LogP contribution in [0, 0.1) is 57.7 Å². The summed E-state index contributed by atoms with van der Waals surface area (Å²) < 4.78 is 29.9. The zero-order valence-corrected chi connectivity index (χ0v) is 30.8. The van der Waals surface area contributed by atoms with Crippen molar-refractivity contribution >= 4 is 47.2 Å². The standard InChI is InChI=1S/C36H47ClO14/c1-12-10-19-35(8,36(9,46)32(45)51-19)24-21(12)34(7)22(28(24)47-13(2)38)20-23(29(48-14(3)39)31(34)50-16(5)41)33(6)17(25(42)27(20)44)11-18(37)26(43)30(33)49-15(4)40/h10,12,17-18,20-24,26-31,43-44,46H,11H2,1-9H3/t12-,17-,18-,20+,21+,22-,23-,24+,26+,27-,28-,29+,30+,31+,33+,34-,35+,36-/m1/s1. The number of esters is 5. The summed E-state index contributed by atoms with van der Waals surface area (Å²) in [6.07, 6.45) is -7.18. The third kappa shape index (κ3) is 4.84. The van der Waals surface area contributed by atoms with Gasteiger partial charge in [0.25, 0.3) is 0 Å². The monoisotopic (exact) mass is 738 g/mol.